The molecule has 1 aromatic carbocycles. The van der Waals surface area contributed by atoms with E-state index in [-0.39, 0.29) is 13.1 Å². The van der Waals surface area contributed by atoms with Crippen LogP contribution in [0.1, 0.15) is 5.56 Å². The number of alkyl carbamates (subject to hydrolysis) is 1. The highest BCUT2D eigenvalue weighted by Gasteiger charge is 2.17. The minimum absolute atomic E-state index is 0.150. The van der Waals surface area contributed by atoms with E-state index in [1.165, 1.54) is 11.4 Å². The van der Waals surface area contributed by atoms with Gasteiger partial charge in [0.2, 0.25) is 10.0 Å². The van der Waals surface area contributed by atoms with Crippen LogP contribution in [0, 0.1) is 6.92 Å². The molecule has 0 unspecified atom stereocenters. The number of benzene rings is 1. The standard InChI is InChI=1S/C12H18N2O4S/c1-10-5-4-6-11(9-10)14(19(3,16)17)8-7-13-12(15)18-2/h4-6,9H,7-8H2,1-3H3,(H,13,15). The summed E-state index contributed by atoms with van der Waals surface area (Å²) in [6.07, 6.45) is 0.547. The van der Waals surface area contributed by atoms with E-state index in [1.807, 2.05) is 13.0 Å². The first kappa shape index (κ1) is 15.3. The molecule has 1 amide bonds. The Labute approximate surface area is 113 Å². The van der Waals surface area contributed by atoms with Gasteiger partial charge in [-0.25, -0.2) is 13.2 Å². The number of ether oxygens (including phenoxy) is 1. The van der Waals surface area contributed by atoms with E-state index in [4.69, 9.17) is 0 Å². The van der Waals surface area contributed by atoms with Crippen molar-refractivity contribution in [1.29, 1.82) is 0 Å². The van der Waals surface area contributed by atoms with Gasteiger partial charge in [0.1, 0.15) is 0 Å². The van der Waals surface area contributed by atoms with Crippen molar-refractivity contribution in [1.82, 2.24) is 5.32 Å². The predicted molar refractivity (Wildman–Crippen MR) is 73.8 cm³/mol. The van der Waals surface area contributed by atoms with Gasteiger partial charge in [-0.2, -0.15) is 0 Å². The van der Waals surface area contributed by atoms with Gasteiger partial charge in [0, 0.05) is 6.54 Å². The van der Waals surface area contributed by atoms with Gasteiger partial charge in [-0.3, -0.25) is 4.31 Å². The lowest BCUT2D eigenvalue weighted by Crippen LogP contribution is -2.38. The molecule has 19 heavy (non-hydrogen) atoms. The lowest BCUT2D eigenvalue weighted by molar-refractivity contribution is 0.171. The second-order valence-corrected chi connectivity index (χ2v) is 6.00. The van der Waals surface area contributed by atoms with Gasteiger partial charge in [0.25, 0.3) is 0 Å². The lowest BCUT2D eigenvalue weighted by atomic mass is 10.2. The van der Waals surface area contributed by atoms with Gasteiger partial charge in [-0.15, -0.1) is 0 Å². The smallest absolute Gasteiger partial charge is 0.406 e. The number of rotatable bonds is 5. The van der Waals surface area contributed by atoms with Gasteiger partial charge < -0.3 is 10.1 Å². The number of hydrogen-bond donors (Lipinski definition) is 1. The first-order valence-corrected chi connectivity index (χ1v) is 7.55. The first-order valence-electron chi connectivity index (χ1n) is 5.71. The molecule has 0 heterocycles. The number of carbonyl (C=O) groups is 1. The summed E-state index contributed by atoms with van der Waals surface area (Å²) in [5.74, 6) is 0. The molecule has 0 radical (unpaired) electrons. The van der Waals surface area contributed by atoms with Crippen molar-refractivity contribution in [2.24, 2.45) is 0 Å². The molecule has 0 fully saturated rings. The van der Waals surface area contributed by atoms with Crippen LogP contribution in [0.3, 0.4) is 0 Å². The number of anilines is 1. The largest absolute Gasteiger partial charge is 0.453 e. The molecular formula is C12H18N2O4S. The summed E-state index contributed by atoms with van der Waals surface area (Å²) < 4.78 is 29.2. The molecule has 0 aromatic heterocycles. The molecule has 0 saturated heterocycles. The summed E-state index contributed by atoms with van der Waals surface area (Å²) in [5.41, 5.74) is 1.54. The van der Waals surface area contributed by atoms with Gasteiger partial charge in [-0.05, 0) is 24.6 Å². The summed E-state index contributed by atoms with van der Waals surface area (Å²) in [6, 6.07) is 7.17. The van der Waals surface area contributed by atoms with Crippen molar-refractivity contribution in [3.05, 3.63) is 29.8 Å². The maximum Gasteiger partial charge on any atom is 0.406 e. The monoisotopic (exact) mass is 286 g/mol. The maximum absolute atomic E-state index is 11.8. The van der Waals surface area contributed by atoms with E-state index in [9.17, 15) is 13.2 Å². The number of amides is 1. The Morgan fingerprint density at radius 3 is 2.63 bits per heavy atom. The molecule has 0 spiro atoms. The summed E-state index contributed by atoms with van der Waals surface area (Å²) in [6.45, 7) is 2.21. The van der Waals surface area contributed by atoms with Crippen molar-refractivity contribution in [2.75, 3.05) is 30.8 Å². The molecule has 0 aliphatic rings. The SMILES string of the molecule is COC(=O)NCCN(c1cccc(C)c1)S(C)(=O)=O. The van der Waals surface area contributed by atoms with Crippen LogP contribution in [0.25, 0.3) is 0 Å². The Morgan fingerprint density at radius 1 is 1.42 bits per heavy atom. The van der Waals surface area contributed by atoms with Crippen LogP contribution in [0.2, 0.25) is 0 Å². The third kappa shape index (κ3) is 4.78. The van der Waals surface area contributed by atoms with E-state index < -0.39 is 16.1 Å². The number of hydrogen-bond acceptors (Lipinski definition) is 4. The highest BCUT2D eigenvalue weighted by molar-refractivity contribution is 7.92. The Kier molecular flexibility index (Phi) is 5.17. The lowest BCUT2D eigenvalue weighted by Gasteiger charge is -2.22. The van der Waals surface area contributed by atoms with Crippen LogP contribution in [0.4, 0.5) is 10.5 Å². The van der Waals surface area contributed by atoms with Crippen LogP contribution in [-0.2, 0) is 14.8 Å². The van der Waals surface area contributed by atoms with Crippen LogP contribution in [0.5, 0.6) is 0 Å². The van der Waals surface area contributed by atoms with Gasteiger partial charge in [-0.1, -0.05) is 12.1 Å². The second kappa shape index (κ2) is 6.42. The van der Waals surface area contributed by atoms with Crippen LogP contribution >= 0.6 is 0 Å². The van der Waals surface area contributed by atoms with Gasteiger partial charge >= 0.3 is 6.09 Å². The number of aryl methyl sites for hydroxylation is 1. The van der Waals surface area contributed by atoms with Crippen LogP contribution in [0.15, 0.2) is 24.3 Å². The fourth-order valence-electron chi connectivity index (χ4n) is 1.60. The van der Waals surface area contributed by atoms with E-state index in [0.717, 1.165) is 11.8 Å². The molecule has 0 aliphatic heterocycles. The molecule has 1 aromatic rings. The van der Waals surface area contributed by atoms with Crippen molar-refractivity contribution in [3.8, 4) is 0 Å². The molecule has 6 nitrogen and oxygen atoms in total. The molecule has 0 saturated carbocycles. The average Bonchev–Trinajstić information content (AvgIpc) is 2.32. The predicted octanol–water partition coefficient (Wildman–Crippen LogP) is 1.12. The summed E-state index contributed by atoms with van der Waals surface area (Å²) >= 11 is 0. The third-order valence-corrected chi connectivity index (χ3v) is 3.65. The number of methoxy groups -OCH3 is 1. The van der Waals surface area contributed by atoms with Crippen molar-refractivity contribution < 1.29 is 17.9 Å². The Bertz CT molecular complexity index is 542. The number of nitrogens with one attached hydrogen (secondary N) is 1. The average molecular weight is 286 g/mol. The Morgan fingerprint density at radius 2 is 2.11 bits per heavy atom. The quantitative estimate of drug-likeness (QED) is 0.880. The van der Waals surface area contributed by atoms with E-state index in [2.05, 4.69) is 10.1 Å². The third-order valence-electron chi connectivity index (χ3n) is 2.46. The molecular weight excluding hydrogens is 268 g/mol. The Hall–Kier alpha value is -1.76. The second-order valence-electron chi connectivity index (χ2n) is 4.09. The highest BCUT2D eigenvalue weighted by Crippen LogP contribution is 2.18. The molecule has 0 bridgehead atoms. The van der Waals surface area contributed by atoms with Crippen molar-refractivity contribution in [2.45, 2.75) is 6.92 Å². The molecule has 7 heteroatoms. The van der Waals surface area contributed by atoms with Crippen LogP contribution in [-0.4, -0.2) is 41.0 Å². The molecule has 1 N–H and O–H groups in total. The fourth-order valence-corrected chi connectivity index (χ4v) is 2.52. The summed E-state index contributed by atoms with van der Waals surface area (Å²) in [7, 11) is -2.14. The molecule has 106 valence electrons. The highest BCUT2D eigenvalue weighted by atomic mass is 32.2. The molecule has 1 rings (SSSR count). The number of carbonyl (C=O) groups excluding carboxylic acids is 1. The zero-order valence-electron chi connectivity index (χ0n) is 11.2. The van der Waals surface area contributed by atoms with E-state index in [0.29, 0.717) is 5.69 Å². The first-order chi connectivity index (χ1) is 8.84. The number of nitrogens with zero attached hydrogens (tertiary/aromatic N) is 1. The van der Waals surface area contributed by atoms with E-state index >= 15 is 0 Å². The van der Waals surface area contributed by atoms with Crippen LogP contribution < -0.4 is 9.62 Å². The van der Waals surface area contributed by atoms with Gasteiger partial charge in [0.05, 0.1) is 25.6 Å². The van der Waals surface area contributed by atoms with Gasteiger partial charge in [0.15, 0.2) is 0 Å². The summed E-state index contributed by atoms with van der Waals surface area (Å²) in [4.78, 5) is 10.9. The van der Waals surface area contributed by atoms with Crippen molar-refractivity contribution in [3.63, 3.8) is 0 Å². The van der Waals surface area contributed by atoms with Crippen molar-refractivity contribution >= 4 is 21.8 Å². The van der Waals surface area contributed by atoms with E-state index in [1.54, 1.807) is 18.2 Å². The zero-order chi connectivity index (χ0) is 14.5. The normalized spacial score (nSPS) is 10.9. The Balaban J connectivity index is 2.83. The molecule has 0 atom stereocenters. The topological polar surface area (TPSA) is 75.7 Å². The summed E-state index contributed by atoms with van der Waals surface area (Å²) in [5, 5.41) is 2.45. The zero-order valence-corrected chi connectivity index (χ0v) is 12.0. The minimum atomic E-state index is -3.40. The number of sulfonamides is 1. The minimum Gasteiger partial charge on any atom is -0.453 e. The fraction of sp³-hybridized carbons (Fsp3) is 0.417. The molecule has 0 aliphatic carbocycles. The maximum atomic E-state index is 11.8.